The minimum Gasteiger partial charge on any atom is -0.492 e. The van der Waals surface area contributed by atoms with E-state index >= 15 is 0 Å². The smallest absolute Gasteiger partial charge is 0.319 e. The number of hydrogen-bond donors (Lipinski definition) is 1. The summed E-state index contributed by atoms with van der Waals surface area (Å²) in [5.41, 5.74) is 0.337. The maximum absolute atomic E-state index is 10.8. The second-order valence-electron chi connectivity index (χ2n) is 2.47. The lowest BCUT2D eigenvalue weighted by molar-refractivity contribution is 0.342. The van der Waals surface area contributed by atoms with Crippen LogP contribution in [0, 0.1) is 0 Å². The molecule has 0 aliphatic rings. The molecule has 1 N–H and O–H groups in total. The monoisotopic (exact) mass is 235 g/mol. The molecule has 0 aromatic heterocycles. The largest absolute Gasteiger partial charge is 0.492 e. The summed E-state index contributed by atoms with van der Waals surface area (Å²) in [5.74, 6) is 0.458. The van der Waals surface area contributed by atoms with Crippen LogP contribution in [0.25, 0.3) is 0 Å². The van der Waals surface area contributed by atoms with Crippen LogP contribution in [0.5, 0.6) is 5.75 Å². The molecule has 4 nitrogen and oxygen atoms in total. The van der Waals surface area contributed by atoms with Crippen molar-refractivity contribution in [2.24, 2.45) is 0 Å². The maximum atomic E-state index is 10.8. The fraction of sp³-hybridized carbons (Fsp3) is 0.250. The average molecular weight is 236 g/mol. The summed E-state index contributed by atoms with van der Waals surface area (Å²) in [5, 5.41) is 0. The normalized spacial score (nSPS) is 11.0. The van der Waals surface area contributed by atoms with Crippen LogP contribution in [0.15, 0.2) is 24.3 Å². The predicted octanol–water partition coefficient (Wildman–Crippen LogP) is 1.98. The van der Waals surface area contributed by atoms with E-state index in [1.165, 1.54) is 0 Å². The van der Waals surface area contributed by atoms with E-state index in [2.05, 4.69) is 4.72 Å². The van der Waals surface area contributed by atoms with Crippen molar-refractivity contribution < 1.29 is 13.2 Å². The van der Waals surface area contributed by atoms with Crippen molar-refractivity contribution in [3.8, 4) is 5.75 Å². The number of hydrogen-bond acceptors (Lipinski definition) is 3. The van der Waals surface area contributed by atoms with Crippen LogP contribution in [-0.2, 0) is 9.24 Å². The van der Waals surface area contributed by atoms with Gasteiger partial charge in [0.05, 0.1) is 12.3 Å². The Labute approximate surface area is 87.4 Å². The molecule has 0 heterocycles. The Hall–Kier alpha value is -0.940. The Bertz CT molecular complexity index is 405. The lowest BCUT2D eigenvalue weighted by Crippen LogP contribution is -2.06. The van der Waals surface area contributed by atoms with E-state index in [1.54, 1.807) is 24.3 Å². The zero-order valence-corrected chi connectivity index (χ0v) is 9.10. The molecular weight excluding hydrogens is 226 g/mol. The van der Waals surface area contributed by atoms with Crippen molar-refractivity contribution in [3.63, 3.8) is 0 Å². The molecule has 0 spiro atoms. The summed E-state index contributed by atoms with van der Waals surface area (Å²) < 4.78 is 28.9. The number of halogens is 1. The van der Waals surface area contributed by atoms with E-state index < -0.39 is 9.24 Å². The van der Waals surface area contributed by atoms with Crippen molar-refractivity contribution >= 4 is 25.6 Å². The van der Waals surface area contributed by atoms with E-state index in [-0.39, 0.29) is 0 Å². The highest BCUT2D eigenvalue weighted by Crippen LogP contribution is 2.25. The standard InChI is InChI=1S/C8H10ClNO3S/c1-2-13-8-6-4-3-5-7(8)10-14(9,11)12/h3-6,10H,2H2,1H3. The lowest BCUT2D eigenvalue weighted by atomic mass is 10.3. The maximum Gasteiger partial charge on any atom is 0.319 e. The molecular formula is C8H10ClNO3S. The Morgan fingerprint density at radius 3 is 2.64 bits per heavy atom. The van der Waals surface area contributed by atoms with Gasteiger partial charge in [-0.3, -0.25) is 4.72 Å². The van der Waals surface area contributed by atoms with Gasteiger partial charge < -0.3 is 4.74 Å². The summed E-state index contributed by atoms with van der Waals surface area (Å²) in [6.07, 6.45) is 0. The van der Waals surface area contributed by atoms with Crippen LogP contribution in [0.2, 0.25) is 0 Å². The van der Waals surface area contributed by atoms with Gasteiger partial charge in [-0.1, -0.05) is 12.1 Å². The topological polar surface area (TPSA) is 55.4 Å². The summed E-state index contributed by atoms with van der Waals surface area (Å²) in [4.78, 5) is 0. The minimum atomic E-state index is -3.78. The van der Waals surface area contributed by atoms with Gasteiger partial charge in [0.15, 0.2) is 0 Å². The van der Waals surface area contributed by atoms with Crippen molar-refractivity contribution in [3.05, 3.63) is 24.3 Å². The number of para-hydroxylation sites is 2. The second-order valence-corrected chi connectivity index (χ2v) is 4.77. The van der Waals surface area contributed by atoms with Gasteiger partial charge >= 0.3 is 9.24 Å². The number of rotatable bonds is 4. The average Bonchev–Trinajstić information content (AvgIpc) is 2.06. The first-order valence-corrected chi connectivity index (χ1v) is 6.28. The zero-order chi connectivity index (χ0) is 10.6. The van der Waals surface area contributed by atoms with E-state index in [9.17, 15) is 8.42 Å². The fourth-order valence-electron chi connectivity index (χ4n) is 0.964. The first-order chi connectivity index (χ1) is 6.53. The molecule has 0 bridgehead atoms. The predicted molar refractivity (Wildman–Crippen MR) is 56.0 cm³/mol. The molecule has 0 aliphatic heterocycles. The van der Waals surface area contributed by atoms with Crippen molar-refractivity contribution in [1.82, 2.24) is 0 Å². The molecule has 1 aromatic carbocycles. The molecule has 6 heteroatoms. The Kier molecular flexibility index (Phi) is 3.60. The number of anilines is 1. The molecule has 14 heavy (non-hydrogen) atoms. The summed E-state index contributed by atoms with van der Waals surface area (Å²) in [6.45, 7) is 2.27. The molecule has 0 atom stereocenters. The highest BCUT2D eigenvalue weighted by molar-refractivity contribution is 8.14. The van der Waals surface area contributed by atoms with Gasteiger partial charge in [-0.05, 0) is 19.1 Å². The Morgan fingerprint density at radius 1 is 1.43 bits per heavy atom. The molecule has 1 aromatic rings. The summed E-state index contributed by atoms with van der Waals surface area (Å²) in [6, 6.07) is 6.67. The first kappa shape index (κ1) is 11.1. The Balaban J connectivity index is 2.95. The fourth-order valence-corrected chi connectivity index (χ4v) is 1.64. The third-order valence-electron chi connectivity index (χ3n) is 1.42. The second kappa shape index (κ2) is 4.52. The molecule has 0 aliphatic carbocycles. The van der Waals surface area contributed by atoms with Gasteiger partial charge in [0.1, 0.15) is 5.75 Å². The molecule has 0 radical (unpaired) electrons. The summed E-state index contributed by atoms with van der Waals surface area (Å²) in [7, 11) is 1.27. The lowest BCUT2D eigenvalue weighted by Gasteiger charge is -2.09. The molecule has 0 saturated carbocycles. The van der Waals surface area contributed by atoms with Crippen molar-refractivity contribution in [2.75, 3.05) is 11.3 Å². The molecule has 78 valence electrons. The van der Waals surface area contributed by atoms with Crippen LogP contribution >= 0.6 is 10.7 Å². The van der Waals surface area contributed by atoms with Gasteiger partial charge in [0.2, 0.25) is 0 Å². The zero-order valence-electron chi connectivity index (χ0n) is 7.53. The quantitative estimate of drug-likeness (QED) is 0.812. The van der Waals surface area contributed by atoms with Gasteiger partial charge in [-0.2, -0.15) is 8.42 Å². The van der Waals surface area contributed by atoms with E-state index in [4.69, 9.17) is 15.4 Å². The third kappa shape index (κ3) is 3.43. The van der Waals surface area contributed by atoms with Crippen LogP contribution in [0.3, 0.4) is 0 Å². The van der Waals surface area contributed by atoms with E-state index in [0.717, 1.165) is 0 Å². The SMILES string of the molecule is CCOc1ccccc1NS(=O)(=O)Cl. The van der Waals surface area contributed by atoms with Gasteiger partial charge in [0.25, 0.3) is 0 Å². The molecule has 0 unspecified atom stereocenters. The number of nitrogens with one attached hydrogen (secondary N) is 1. The minimum absolute atomic E-state index is 0.337. The van der Waals surface area contributed by atoms with E-state index in [1.807, 2.05) is 6.92 Å². The van der Waals surface area contributed by atoms with Crippen LogP contribution in [0.1, 0.15) is 6.92 Å². The van der Waals surface area contributed by atoms with Crippen LogP contribution in [0.4, 0.5) is 5.69 Å². The molecule has 0 amide bonds. The summed E-state index contributed by atoms with van der Waals surface area (Å²) >= 11 is 0. The number of benzene rings is 1. The van der Waals surface area contributed by atoms with Crippen molar-refractivity contribution in [1.29, 1.82) is 0 Å². The van der Waals surface area contributed by atoms with Gasteiger partial charge in [0, 0.05) is 10.7 Å². The Morgan fingerprint density at radius 2 is 2.07 bits per heavy atom. The van der Waals surface area contributed by atoms with Gasteiger partial charge in [-0.15, -0.1) is 0 Å². The van der Waals surface area contributed by atoms with Crippen molar-refractivity contribution in [2.45, 2.75) is 6.92 Å². The van der Waals surface area contributed by atoms with Crippen LogP contribution in [-0.4, -0.2) is 15.0 Å². The van der Waals surface area contributed by atoms with Gasteiger partial charge in [-0.25, -0.2) is 0 Å². The third-order valence-corrected chi connectivity index (χ3v) is 2.11. The van der Waals surface area contributed by atoms with Crippen LogP contribution < -0.4 is 9.46 Å². The highest BCUT2D eigenvalue weighted by atomic mass is 35.7. The molecule has 0 saturated heterocycles. The highest BCUT2D eigenvalue weighted by Gasteiger charge is 2.08. The molecule has 1 rings (SSSR count). The number of ether oxygens (including phenoxy) is 1. The van der Waals surface area contributed by atoms with E-state index in [0.29, 0.717) is 18.0 Å². The molecule has 0 fully saturated rings. The first-order valence-electron chi connectivity index (χ1n) is 3.97.